The molecule has 0 radical (unpaired) electrons. The fourth-order valence-corrected chi connectivity index (χ4v) is 2.40. The zero-order valence-corrected chi connectivity index (χ0v) is 12.2. The van der Waals surface area contributed by atoms with E-state index >= 15 is 0 Å². The number of alkyl halides is 3. The lowest BCUT2D eigenvalue weighted by Gasteiger charge is -2.11. The molecule has 1 amide bonds. The van der Waals surface area contributed by atoms with Crippen LogP contribution in [0.2, 0.25) is 0 Å². The van der Waals surface area contributed by atoms with Crippen LogP contribution in [0, 0.1) is 0 Å². The maximum Gasteiger partial charge on any atom is 0.398 e. The topological polar surface area (TPSA) is 59.8 Å². The molecule has 0 spiro atoms. The molecule has 2 aromatic rings. The van der Waals surface area contributed by atoms with Crippen molar-refractivity contribution in [1.29, 1.82) is 0 Å². The molecule has 0 unspecified atom stereocenters. The van der Waals surface area contributed by atoms with Crippen molar-refractivity contribution in [3.8, 4) is 0 Å². The Labute approximate surface area is 128 Å². The van der Waals surface area contributed by atoms with Gasteiger partial charge in [-0.3, -0.25) is 9.48 Å². The Morgan fingerprint density at radius 1 is 1.32 bits per heavy atom. The van der Waals surface area contributed by atoms with E-state index in [1.54, 1.807) is 24.3 Å². The number of halogens is 3. The number of amides is 1. The molecule has 5 nitrogen and oxygen atoms in total. The van der Waals surface area contributed by atoms with Crippen molar-refractivity contribution in [3.63, 3.8) is 0 Å². The zero-order chi connectivity index (χ0) is 16.0. The number of benzene rings is 1. The minimum Gasteiger partial charge on any atom is -0.325 e. The van der Waals surface area contributed by atoms with Gasteiger partial charge in [0.15, 0.2) is 0 Å². The highest BCUT2D eigenvalue weighted by Crippen LogP contribution is 2.32. The number of hydrogen-bond donors (Lipinski definition) is 1. The monoisotopic (exact) mass is 330 g/mol. The number of nitrogens with one attached hydrogen (secondary N) is 1. The van der Waals surface area contributed by atoms with Gasteiger partial charge in [-0.2, -0.15) is 18.3 Å². The number of carbonyl (C=O) groups excluding carboxylic acids is 1. The summed E-state index contributed by atoms with van der Waals surface area (Å²) in [7, 11) is 0. The van der Waals surface area contributed by atoms with Crippen LogP contribution in [0.1, 0.15) is 6.42 Å². The number of para-hydroxylation sites is 1. The lowest BCUT2D eigenvalue weighted by atomic mass is 10.3. The standard InChI is InChI=1S/C13H13F3N4OS/c14-13(15,16)7-22-11-4-2-1-3-10(11)19-12(21)5-6-20-9-17-8-18-20/h1-4,8-9H,5-7H2,(H,19,21). The summed E-state index contributed by atoms with van der Waals surface area (Å²) in [4.78, 5) is 16.0. The van der Waals surface area contributed by atoms with Gasteiger partial charge in [0.1, 0.15) is 12.7 Å². The Balaban J connectivity index is 1.92. The van der Waals surface area contributed by atoms with Gasteiger partial charge < -0.3 is 5.32 Å². The van der Waals surface area contributed by atoms with Crippen LogP contribution in [0.4, 0.5) is 18.9 Å². The van der Waals surface area contributed by atoms with E-state index in [4.69, 9.17) is 0 Å². The van der Waals surface area contributed by atoms with Gasteiger partial charge in [0.25, 0.3) is 0 Å². The Kier molecular flexibility index (Phi) is 5.42. The van der Waals surface area contributed by atoms with Crippen molar-refractivity contribution >= 4 is 23.4 Å². The van der Waals surface area contributed by atoms with Crippen LogP contribution in [0.5, 0.6) is 0 Å². The molecule has 0 aliphatic carbocycles. The third-order valence-corrected chi connectivity index (χ3v) is 3.73. The predicted octanol–water partition coefficient (Wildman–Crippen LogP) is 2.96. The molecule has 0 saturated heterocycles. The fraction of sp³-hybridized carbons (Fsp3) is 0.308. The van der Waals surface area contributed by atoms with Gasteiger partial charge >= 0.3 is 6.18 Å². The highest BCUT2D eigenvalue weighted by atomic mass is 32.2. The van der Waals surface area contributed by atoms with Crippen LogP contribution in [0.15, 0.2) is 41.8 Å². The van der Waals surface area contributed by atoms with Crippen molar-refractivity contribution < 1.29 is 18.0 Å². The molecule has 118 valence electrons. The normalized spacial score (nSPS) is 11.4. The predicted molar refractivity (Wildman–Crippen MR) is 76.5 cm³/mol. The first kappa shape index (κ1) is 16.3. The number of hydrogen-bond acceptors (Lipinski definition) is 4. The van der Waals surface area contributed by atoms with Gasteiger partial charge in [0.05, 0.1) is 18.0 Å². The van der Waals surface area contributed by atoms with E-state index in [9.17, 15) is 18.0 Å². The first-order valence-corrected chi connectivity index (χ1v) is 7.33. The molecule has 9 heteroatoms. The summed E-state index contributed by atoms with van der Waals surface area (Å²) in [5, 5.41) is 6.49. The molecule has 0 aliphatic rings. The van der Waals surface area contributed by atoms with Crippen LogP contribution in [-0.4, -0.2) is 32.6 Å². The van der Waals surface area contributed by atoms with E-state index < -0.39 is 11.9 Å². The van der Waals surface area contributed by atoms with Gasteiger partial charge in [-0.1, -0.05) is 12.1 Å². The van der Waals surface area contributed by atoms with Crippen molar-refractivity contribution in [2.24, 2.45) is 0 Å². The molecule has 1 aromatic heterocycles. The lowest BCUT2D eigenvalue weighted by Crippen LogP contribution is -2.16. The van der Waals surface area contributed by atoms with Crippen LogP contribution in [0.3, 0.4) is 0 Å². The number of anilines is 1. The second kappa shape index (κ2) is 7.30. The molecule has 1 N–H and O–H groups in total. The van der Waals surface area contributed by atoms with Gasteiger partial charge in [0, 0.05) is 11.3 Å². The van der Waals surface area contributed by atoms with Crippen LogP contribution in [-0.2, 0) is 11.3 Å². The number of aromatic nitrogens is 3. The Bertz CT molecular complexity index is 616. The third kappa shape index (κ3) is 5.40. The first-order valence-electron chi connectivity index (χ1n) is 6.35. The van der Waals surface area contributed by atoms with Gasteiger partial charge in [-0.05, 0) is 12.1 Å². The minimum atomic E-state index is -4.26. The van der Waals surface area contributed by atoms with E-state index in [1.807, 2.05) is 0 Å². The molecule has 1 heterocycles. The minimum absolute atomic E-state index is 0.154. The summed E-state index contributed by atoms with van der Waals surface area (Å²) in [6, 6.07) is 6.41. The smallest absolute Gasteiger partial charge is 0.325 e. The van der Waals surface area contributed by atoms with Crippen molar-refractivity contribution in [3.05, 3.63) is 36.9 Å². The highest BCUT2D eigenvalue weighted by molar-refractivity contribution is 7.99. The van der Waals surface area contributed by atoms with E-state index in [2.05, 4.69) is 15.4 Å². The molecule has 0 aliphatic heterocycles. The quantitative estimate of drug-likeness (QED) is 0.827. The molecular weight excluding hydrogens is 317 g/mol. The summed E-state index contributed by atoms with van der Waals surface area (Å²) in [5.41, 5.74) is 0.375. The Morgan fingerprint density at radius 2 is 2.09 bits per heavy atom. The summed E-state index contributed by atoms with van der Waals surface area (Å²) >= 11 is 0.645. The van der Waals surface area contributed by atoms with Gasteiger partial charge in [-0.25, -0.2) is 4.98 Å². The van der Waals surface area contributed by atoms with Crippen molar-refractivity contribution in [1.82, 2.24) is 14.8 Å². The van der Waals surface area contributed by atoms with Crippen molar-refractivity contribution in [2.45, 2.75) is 24.0 Å². The molecule has 0 saturated carbocycles. The maximum absolute atomic E-state index is 12.3. The largest absolute Gasteiger partial charge is 0.398 e. The summed E-state index contributed by atoms with van der Waals surface area (Å²) < 4.78 is 38.4. The Hall–Kier alpha value is -2.03. The fourth-order valence-electron chi connectivity index (χ4n) is 1.63. The van der Waals surface area contributed by atoms with E-state index in [0.717, 1.165) is 0 Å². The number of aryl methyl sites for hydroxylation is 1. The molecule has 22 heavy (non-hydrogen) atoms. The second-order valence-corrected chi connectivity index (χ2v) is 5.37. The molecular formula is C13H13F3N4OS. The SMILES string of the molecule is O=C(CCn1cncn1)Nc1ccccc1SCC(F)(F)F. The average Bonchev–Trinajstić information content (AvgIpc) is 2.97. The first-order chi connectivity index (χ1) is 10.4. The lowest BCUT2D eigenvalue weighted by molar-refractivity contribution is -0.116. The number of thioether (sulfide) groups is 1. The van der Waals surface area contributed by atoms with Gasteiger partial charge in [-0.15, -0.1) is 11.8 Å². The second-order valence-electron chi connectivity index (χ2n) is 4.36. The number of nitrogens with zero attached hydrogens (tertiary/aromatic N) is 3. The zero-order valence-electron chi connectivity index (χ0n) is 11.4. The van der Waals surface area contributed by atoms with Crippen LogP contribution in [0.25, 0.3) is 0 Å². The number of carbonyl (C=O) groups is 1. The van der Waals surface area contributed by atoms with E-state index in [1.165, 1.54) is 17.3 Å². The van der Waals surface area contributed by atoms with E-state index in [-0.39, 0.29) is 12.3 Å². The summed E-state index contributed by atoms with van der Waals surface area (Å²) in [6.45, 7) is 0.351. The average molecular weight is 330 g/mol. The van der Waals surface area contributed by atoms with Crippen molar-refractivity contribution in [2.75, 3.05) is 11.1 Å². The van der Waals surface area contributed by atoms with Crippen LogP contribution < -0.4 is 5.32 Å². The van der Waals surface area contributed by atoms with Gasteiger partial charge in [0.2, 0.25) is 5.91 Å². The van der Waals surface area contributed by atoms with E-state index in [0.29, 0.717) is 28.9 Å². The summed E-state index contributed by atoms with van der Waals surface area (Å²) in [5.74, 6) is -1.30. The molecule has 0 fully saturated rings. The van der Waals surface area contributed by atoms with Crippen LogP contribution >= 0.6 is 11.8 Å². The Morgan fingerprint density at radius 3 is 2.77 bits per heavy atom. The maximum atomic E-state index is 12.3. The highest BCUT2D eigenvalue weighted by Gasteiger charge is 2.27. The molecule has 1 aromatic carbocycles. The third-order valence-electron chi connectivity index (χ3n) is 2.59. The summed E-state index contributed by atoms with van der Waals surface area (Å²) in [6.07, 6.45) is -1.25. The number of rotatable bonds is 6. The molecule has 0 bridgehead atoms. The molecule has 0 atom stereocenters. The molecule has 2 rings (SSSR count).